The Labute approximate surface area is 122 Å². The molecule has 0 radical (unpaired) electrons. The second-order valence-corrected chi connectivity index (χ2v) is 6.37. The van der Waals surface area contributed by atoms with Crippen molar-refractivity contribution >= 4 is 5.91 Å². The van der Waals surface area contributed by atoms with Crippen LogP contribution in [0.1, 0.15) is 63.4 Å². The SMILES string of the molecule is Cc1cccc(C(NC(=O)CCCC(C)C)C2CC2)n1. The maximum Gasteiger partial charge on any atom is 0.220 e. The third kappa shape index (κ3) is 4.62. The lowest BCUT2D eigenvalue weighted by molar-refractivity contribution is -0.122. The third-order valence-electron chi connectivity index (χ3n) is 3.82. The summed E-state index contributed by atoms with van der Waals surface area (Å²) in [4.78, 5) is 16.7. The Morgan fingerprint density at radius 3 is 2.75 bits per heavy atom. The van der Waals surface area contributed by atoms with Crippen LogP contribution in [-0.2, 0) is 4.79 Å². The van der Waals surface area contributed by atoms with Gasteiger partial charge in [-0.25, -0.2) is 0 Å². The van der Waals surface area contributed by atoms with Crippen LogP contribution in [0.15, 0.2) is 18.2 Å². The zero-order valence-electron chi connectivity index (χ0n) is 12.9. The Kier molecular flexibility index (Phi) is 5.16. The third-order valence-corrected chi connectivity index (χ3v) is 3.82. The van der Waals surface area contributed by atoms with Crippen LogP contribution in [0.25, 0.3) is 0 Å². The van der Waals surface area contributed by atoms with Crippen LogP contribution in [0.5, 0.6) is 0 Å². The van der Waals surface area contributed by atoms with Crippen molar-refractivity contribution in [3.63, 3.8) is 0 Å². The first-order valence-electron chi connectivity index (χ1n) is 7.79. The van der Waals surface area contributed by atoms with Crippen LogP contribution in [0, 0.1) is 18.8 Å². The second kappa shape index (κ2) is 6.87. The van der Waals surface area contributed by atoms with Gasteiger partial charge in [-0.15, -0.1) is 0 Å². The monoisotopic (exact) mass is 274 g/mol. The van der Waals surface area contributed by atoms with Crippen molar-refractivity contribution in [2.45, 2.75) is 58.9 Å². The molecule has 1 unspecified atom stereocenters. The lowest BCUT2D eigenvalue weighted by Gasteiger charge is -2.18. The van der Waals surface area contributed by atoms with Gasteiger partial charge in [0.15, 0.2) is 0 Å². The molecule has 1 atom stereocenters. The first-order chi connectivity index (χ1) is 9.56. The molecule has 0 aliphatic heterocycles. The average molecular weight is 274 g/mol. The van der Waals surface area contributed by atoms with Gasteiger partial charge in [-0.2, -0.15) is 0 Å². The van der Waals surface area contributed by atoms with E-state index in [2.05, 4.69) is 24.1 Å². The van der Waals surface area contributed by atoms with Gasteiger partial charge in [0.25, 0.3) is 0 Å². The minimum absolute atomic E-state index is 0.112. The van der Waals surface area contributed by atoms with Gasteiger partial charge in [-0.3, -0.25) is 9.78 Å². The Morgan fingerprint density at radius 2 is 2.15 bits per heavy atom. The summed E-state index contributed by atoms with van der Waals surface area (Å²) in [5.41, 5.74) is 2.03. The highest BCUT2D eigenvalue weighted by Gasteiger charge is 2.34. The van der Waals surface area contributed by atoms with Crippen LogP contribution >= 0.6 is 0 Å². The topological polar surface area (TPSA) is 42.0 Å². The lowest BCUT2D eigenvalue weighted by Crippen LogP contribution is -2.30. The van der Waals surface area contributed by atoms with E-state index in [1.54, 1.807) is 0 Å². The first kappa shape index (κ1) is 15.0. The molecule has 1 amide bonds. The average Bonchev–Trinajstić information content (AvgIpc) is 3.19. The van der Waals surface area contributed by atoms with E-state index < -0.39 is 0 Å². The van der Waals surface area contributed by atoms with E-state index in [4.69, 9.17) is 0 Å². The number of nitrogens with zero attached hydrogens (tertiary/aromatic N) is 1. The van der Waals surface area contributed by atoms with Gasteiger partial charge in [0.1, 0.15) is 0 Å². The quantitative estimate of drug-likeness (QED) is 0.822. The Balaban J connectivity index is 1.91. The molecule has 1 aliphatic carbocycles. The van der Waals surface area contributed by atoms with E-state index >= 15 is 0 Å². The van der Waals surface area contributed by atoms with Gasteiger partial charge < -0.3 is 5.32 Å². The molecule has 0 aromatic carbocycles. The molecule has 1 aromatic heterocycles. The summed E-state index contributed by atoms with van der Waals surface area (Å²) < 4.78 is 0. The van der Waals surface area contributed by atoms with Crippen LogP contribution in [-0.4, -0.2) is 10.9 Å². The number of nitrogens with one attached hydrogen (secondary N) is 1. The fraction of sp³-hybridized carbons (Fsp3) is 0.647. The number of hydrogen-bond donors (Lipinski definition) is 1. The van der Waals surface area contributed by atoms with Crippen molar-refractivity contribution in [3.8, 4) is 0 Å². The van der Waals surface area contributed by atoms with E-state index in [9.17, 15) is 4.79 Å². The molecule has 2 rings (SSSR count). The Hall–Kier alpha value is -1.38. The van der Waals surface area contributed by atoms with E-state index in [-0.39, 0.29) is 11.9 Å². The Morgan fingerprint density at radius 1 is 1.40 bits per heavy atom. The maximum absolute atomic E-state index is 12.1. The molecule has 1 aliphatic rings. The molecule has 110 valence electrons. The highest BCUT2D eigenvalue weighted by Crippen LogP contribution is 2.40. The molecule has 0 bridgehead atoms. The Bertz CT molecular complexity index is 452. The predicted octanol–water partition coefficient (Wildman–Crippen LogP) is 3.78. The maximum atomic E-state index is 12.1. The molecular formula is C17H26N2O. The number of aromatic nitrogens is 1. The molecule has 1 heterocycles. The number of amides is 1. The fourth-order valence-corrected chi connectivity index (χ4v) is 2.52. The number of aryl methyl sites for hydroxylation is 1. The molecule has 0 spiro atoms. The minimum atomic E-state index is 0.112. The largest absolute Gasteiger partial charge is 0.347 e. The summed E-state index contributed by atoms with van der Waals surface area (Å²) in [6.07, 6.45) is 5.12. The summed E-state index contributed by atoms with van der Waals surface area (Å²) >= 11 is 0. The fourth-order valence-electron chi connectivity index (χ4n) is 2.52. The molecule has 20 heavy (non-hydrogen) atoms. The lowest BCUT2D eigenvalue weighted by atomic mass is 10.0. The van der Waals surface area contributed by atoms with Crippen LogP contribution in [0.4, 0.5) is 0 Å². The molecule has 1 fully saturated rings. The zero-order valence-corrected chi connectivity index (χ0v) is 12.9. The number of pyridine rings is 1. The van der Waals surface area contributed by atoms with Crippen molar-refractivity contribution in [1.29, 1.82) is 0 Å². The number of rotatable bonds is 7. The standard InChI is InChI=1S/C17H26N2O/c1-12(2)6-4-9-16(20)19-17(14-10-11-14)15-8-5-7-13(3)18-15/h5,7-8,12,14,17H,4,6,9-11H2,1-3H3,(H,19,20). The van der Waals surface area contributed by atoms with Gasteiger partial charge in [0.05, 0.1) is 11.7 Å². The van der Waals surface area contributed by atoms with Gasteiger partial charge >= 0.3 is 0 Å². The van der Waals surface area contributed by atoms with Gasteiger partial charge in [0, 0.05) is 12.1 Å². The molecule has 3 nitrogen and oxygen atoms in total. The normalized spacial score (nSPS) is 16.2. The second-order valence-electron chi connectivity index (χ2n) is 6.37. The summed E-state index contributed by atoms with van der Waals surface area (Å²) in [6.45, 7) is 6.39. The summed E-state index contributed by atoms with van der Waals surface area (Å²) in [7, 11) is 0. The van der Waals surface area contributed by atoms with Crippen molar-refractivity contribution in [1.82, 2.24) is 10.3 Å². The van der Waals surface area contributed by atoms with Crippen molar-refractivity contribution < 1.29 is 4.79 Å². The minimum Gasteiger partial charge on any atom is -0.347 e. The van der Waals surface area contributed by atoms with Crippen molar-refractivity contribution in [2.24, 2.45) is 11.8 Å². The highest BCUT2D eigenvalue weighted by atomic mass is 16.1. The summed E-state index contributed by atoms with van der Waals surface area (Å²) in [5, 5.41) is 3.19. The molecular weight excluding hydrogens is 248 g/mol. The van der Waals surface area contributed by atoms with Gasteiger partial charge in [-0.1, -0.05) is 26.3 Å². The molecule has 1 N–H and O–H groups in total. The first-order valence-corrected chi connectivity index (χ1v) is 7.79. The van der Waals surface area contributed by atoms with Crippen molar-refractivity contribution in [3.05, 3.63) is 29.6 Å². The highest BCUT2D eigenvalue weighted by molar-refractivity contribution is 5.76. The smallest absolute Gasteiger partial charge is 0.220 e. The van der Waals surface area contributed by atoms with Gasteiger partial charge in [-0.05, 0) is 50.2 Å². The van der Waals surface area contributed by atoms with Crippen LogP contribution in [0.2, 0.25) is 0 Å². The molecule has 1 saturated carbocycles. The summed E-state index contributed by atoms with van der Waals surface area (Å²) in [6, 6.07) is 6.17. The number of hydrogen-bond acceptors (Lipinski definition) is 2. The van der Waals surface area contributed by atoms with E-state index in [1.807, 2.05) is 25.1 Å². The predicted molar refractivity (Wildman–Crippen MR) is 81.3 cm³/mol. The number of carbonyl (C=O) groups is 1. The van der Waals surface area contributed by atoms with E-state index in [0.717, 1.165) is 24.2 Å². The zero-order chi connectivity index (χ0) is 14.5. The van der Waals surface area contributed by atoms with Crippen molar-refractivity contribution in [2.75, 3.05) is 0 Å². The molecule has 1 aromatic rings. The van der Waals surface area contributed by atoms with Gasteiger partial charge in [0.2, 0.25) is 5.91 Å². The van der Waals surface area contributed by atoms with Crippen LogP contribution in [0.3, 0.4) is 0 Å². The van der Waals surface area contributed by atoms with Crippen LogP contribution < -0.4 is 5.32 Å². The molecule has 3 heteroatoms. The summed E-state index contributed by atoms with van der Waals surface area (Å²) in [5.74, 6) is 1.42. The van der Waals surface area contributed by atoms with E-state index in [1.165, 1.54) is 12.8 Å². The van der Waals surface area contributed by atoms with E-state index in [0.29, 0.717) is 18.3 Å². The molecule has 0 saturated heterocycles. The number of carbonyl (C=O) groups excluding carboxylic acids is 1.